The summed E-state index contributed by atoms with van der Waals surface area (Å²) in [5.74, 6) is -2.13. The second-order valence-electron chi connectivity index (χ2n) is 4.03. The predicted octanol–water partition coefficient (Wildman–Crippen LogP) is 6.14. The van der Waals surface area contributed by atoms with Crippen LogP contribution in [0.15, 0.2) is 110 Å². The van der Waals surface area contributed by atoms with E-state index in [2.05, 4.69) is 39.5 Å². The molecule has 0 aliphatic rings. The van der Waals surface area contributed by atoms with Gasteiger partial charge in [0.2, 0.25) is 0 Å². The van der Waals surface area contributed by atoms with Crippen LogP contribution in [-0.2, 0) is 0 Å². The monoisotopic (exact) mass is 290 g/mol. The van der Waals surface area contributed by atoms with Gasteiger partial charge in [0.05, 0.1) is 0 Å². The number of halogens is 3. The highest BCUT2D eigenvalue weighted by molar-refractivity contribution is 5.53. The maximum absolute atomic E-state index is 13.9. The number of hydrogen-bond donors (Lipinski definition) is 0. The molecular formula is C18H17F3. The minimum Gasteiger partial charge on any atom is -0.208 e. The van der Waals surface area contributed by atoms with Crippen LogP contribution in [0.25, 0.3) is 0 Å². The zero-order valence-electron chi connectivity index (χ0n) is 11.8. The molecule has 0 amide bonds. The molecule has 0 unspecified atom stereocenters. The smallest absolute Gasteiger partial charge is 0.131 e. The van der Waals surface area contributed by atoms with Gasteiger partial charge in [-0.25, -0.2) is 13.2 Å². The molecule has 0 aliphatic heterocycles. The van der Waals surface area contributed by atoms with Crippen molar-refractivity contribution >= 4 is 0 Å². The van der Waals surface area contributed by atoms with E-state index in [-0.39, 0.29) is 22.3 Å². The highest BCUT2D eigenvalue weighted by Gasteiger charge is 2.08. The molecule has 0 radical (unpaired) electrons. The largest absolute Gasteiger partial charge is 0.208 e. The molecule has 0 fully saturated rings. The molecule has 110 valence electrons. The molecule has 0 spiro atoms. The second kappa shape index (κ2) is 8.59. The van der Waals surface area contributed by atoms with Gasteiger partial charge in [0.1, 0.15) is 17.5 Å². The Balaban J connectivity index is 5.08. The van der Waals surface area contributed by atoms with E-state index in [4.69, 9.17) is 0 Å². The average Bonchev–Trinajstić information content (AvgIpc) is 2.42. The van der Waals surface area contributed by atoms with Gasteiger partial charge in [-0.05, 0) is 29.4 Å². The Kier molecular flexibility index (Phi) is 7.54. The third-order valence-corrected chi connectivity index (χ3v) is 2.38. The van der Waals surface area contributed by atoms with Crippen LogP contribution in [0.5, 0.6) is 0 Å². The fourth-order valence-electron chi connectivity index (χ4n) is 1.13. The van der Waals surface area contributed by atoms with Crippen LogP contribution in [0.4, 0.5) is 13.2 Å². The fraction of sp³-hybridized carbons (Fsp3) is 0. The summed E-state index contributed by atoms with van der Waals surface area (Å²) >= 11 is 0. The van der Waals surface area contributed by atoms with Gasteiger partial charge >= 0.3 is 0 Å². The van der Waals surface area contributed by atoms with Crippen LogP contribution >= 0.6 is 0 Å². The second-order valence-corrected chi connectivity index (χ2v) is 4.03. The summed E-state index contributed by atoms with van der Waals surface area (Å²) in [7, 11) is 0. The molecule has 0 nitrogen and oxygen atoms in total. The molecule has 0 atom stereocenters. The average molecular weight is 290 g/mol. The molecule has 0 aromatic carbocycles. The summed E-state index contributed by atoms with van der Waals surface area (Å²) in [5, 5.41) is 0. The van der Waals surface area contributed by atoms with Crippen molar-refractivity contribution in [1.29, 1.82) is 0 Å². The van der Waals surface area contributed by atoms with Crippen molar-refractivity contribution in [2.75, 3.05) is 0 Å². The lowest BCUT2D eigenvalue weighted by molar-refractivity contribution is 0.648. The van der Waals surface area contributed by atoms with Crippen LogP contribution in [0.2, 0.25) is 0 Å². The summed E-state index contributed by atoms with van der Waals surface area (Å²) in [6.07, 6.45) is 5.56. The molecule has 0 aromatic rings. The van der Waals surface area contributed by atoms with Crippen LogP contribution < -0.4 is 0 Å². The first-order valence-electron chi connectivity index (χ1n) is 5.85. The molecule has 0 saturated heterocycles. The van der Waals surface area contributed by atoms with Crippen molar-refractivity contribution < 1.29 is 13.2 Å². The minimum absolute atomic E-state index is 0.0379. The van der Waals surface area contributed by atoms with Gasteiger partial charge in [-0.3, -0.25) is 0 Å². The summed E-state index contributed by atoms with van der Waals surface area (Å²) in [4.78, 5) is 0. The van der Waals surface area contributed by atoms with E-state index in [0.29, 0.717) is 0 Å². The molecule has 3 heteroatoms. The summed E-state index contributed by atoms with van der Waals surface area (Å²) in [6.45, 7) is 20.4. The maximum atomic E-state index is 13.9. The highest BCUT2D eigenvalue weighted by Crippen LogP contribution is 2.24. The topological polar surface area (TPSA) is 0 Å². The van der Waals surface area contributed by atoms with Gasteiger partial charge in [-0.1, -0.05) is 51.6 Å². The molecule has 21 heavy (non-hydrogen) atoms. The molecule has 0 bridgehead atoms. The van der Waals surface area contributed by atoms with Gasteiger partial charge in [-0.2, -0.15) is 0 Å². The predicted molar refractivity (Wildman–Crippen MR) is 84.5 cm³/mol. The first-order chi connectivity index (χ1) is 9.70. The standard InChI is InChI=1S/C18H17F3/c1-7-8-17(20)16(6)13(3)11-18(21)15(5)12(2)9-10-14(4)19/h7-11H,1-6H2/b10-9-,17-8+,18-11+. The molecule has 0 N–H and O–H groups in total. The molecular weight excluding hydrogens is 273 g/mol. The fourth-order valence-corrected chi connectivity index (χ4v) is 1.13. The normalized spacial score (nSPS) is 12.1. The van der Waals surface area contributed by atoms with Crippen LogP contribution in [0.3, 0.4) is 0 Å². The van der Waals surface area contributed by atoms with E-state index < -0.39 is 17.5 Å². The van der Waals surface area contributed by atoms with Crippen molar-refractivity contribution in [1.82, 2.24) is 0 Å². The van der Waals surface area contributed by atoms with Gasteiger partial charge in [0, 0.05) is 11.1 Å². The van der Waals surface area contributed by atoms with Gasteiger partial charge in [-0.15, -0.1) is 0 Å². The quantitative estimate of drug-likeness (QED) is 0.471. The first kappa shape index (κ1) is 18.4. The summed E-state index contributed by atoms with van der Waals surface area (Å²) in [5.41, 5.74) is 0.0460. The third-order valence-electron chi connectivity index (χ3n) is 2.38. The Morgan fingerprint density at radius 3 is 1.71 bits per heavy atom. The summed E-state index contributed by atoms with van der Waals surface area (Å²) in [6, 6.07) is 0. The van der Waals surface area contributed by atoms with Crippen molar-refractivity contribution in [2.24, 2.45) is 0 Å². The molecule has 0 aromatic heterocycles. The van der Waals surface area contributed by atoms with Crippen LogP contribution in [0.1, 0.15) is 0 Å². The van der Waals surface area contributed by atoms with Crippen molar-refractivity contribution in [3.05, 3.63) is 110 Å². The lowest BCUT2D eigenvalue weighted by Gasteiger charge is -2.06. The third kappa shape index (κ3) is 6.43. The highest BCUT2D eigenvalue weighted by atomic mass is 19.1. The van der Waals surface area contributed by atoms with E-state index in [1.54, 1.807) is 0 Å². The lowest BCUT2D eigenvalue weighted by atomic mass is 10.0. The zero-order chi connectivity index (χ0) is 16.6. The van der Waals surface area contributed by atoms with Crippen molar-refractivity contribution in [2.45, 2.75) is 0 Å². The lowest BCUT2D eigenvalue weighted by Crippen LogP contribution is -1.89. The SMILES string of the molecule is C=C/C=C(/F)C(=C)C(=C)/C=C(/F)C(=C)C(=C)/C=C\C(=C)F. The van der Waals surface area contributed by atoms with E-state index in [0.717, 1.165) is 18.2 Å². The van der Waals surface area contributed by atoms with Gasteiger partial charge in [0.15, 0.2) is 0 Å². The summed E-state index contributed by atoms with van der Waals surface area (Å²) < 4.78 is 39.8. The van der Waals surface area contributed by atoms with Crippen LogP contribution in [-0.4, -0.2) is 0 Å². The van der Waals surface area contributed by atoms with E-state index in [9.17, 15) is 13.2 Å². The minimum atomic E-state index is -0.772. The number of hydrogen-bond acceptors (Lipinski definition) is 0. The van der Waals surface area contributed by atoms with Crippen molar-refractivity contribution in [3.8, 4) is 0 Å². The maximum Gasteiger partial charge on any atom is 0.131 e. The Morgan fingerprint density at radius 2 is 1.24 bits per heavy atom. The molecule has 0 saturated carbocycles. The Morgan fingerprint density at radius 1 is 0.714 bits per heavy atom. The zero-order valence-corrected chi connectivity index (χ0v) is 11.8. The van der Waals surface area contributed by atoms with Gasteiger partial charge < -0.3 is 0 Å². The molecule has 0 aliphatic carbocycles. The number of rotatable bonds is 8. The van der Waals surface area contributed by atoms with Crippen LogP contribution in [0, 0.1) is 0 Å². The Hall–Kier alpha value is -2.55. The Bertz CT molecular complexity index is 596. The van der Waals surface area contributed by atoms with Crippen molar-refractivity contribution in [3.63, 3.8) is 0 Å². The van der Waals surface area contributed by atoms with Gasteiger partial charge in [0.25, 0.3) is 0 Å². The van der Waals surface area contributed by atoms with E-state index >= 15 is 0 Å². The first-order valence-corrected chi connectivity index (χ1v) is 5.85. The van der Waals surface area contributed by atoms with E-state index in [1.165, 1.54) is 12.2 Å². The Labute approximate surface area is 123 Å². The number of allylic oxidation sites excluding steroid dienone is 12. The molecule has 0 heterocycles. The molecule has 0 rings (SSSR count). The van der Waals surface area contributed by atoms with E-state index in [1.807, 2.05) is 0 Å².